The van der Waals surface area contributed by atoms with Crippen molar-refractivity contribution in [3.8, 4) is 11.8 Å². The molecule has 0 unspecified atom stereocenters. The number of nitrogens with zero attached hydrogens (tertiary/aromatic N) is 3. The second-order valence-electron chi connectivity index (χ2n) is 3.83. The van der Waals surface area contributed by atoms with Crippen molar-refractivity contribution in [3.05, 3.63) is 28.3 Å². The molecule has 1 rings (SSSR count). The molecule has 0 saturated heterocycles. The fourth-order valence-electron chi connectivity index (χ4n) is 1.48. The summed E-state index contributed by atoms with van der Waals surface area (Å²) in [7, 11) is -1.39. The molecule has 0 aliphatic heterocycles. The summed E-state index contributed by atoms with van der Waals surface area (Å²) in [4.78, 5) is 9.75. The van der Waals surface area contributed by atoms with Crippen LogP contribution in [0.4, 0.5) is 5.69 Å². The lowest BCUT2D eigenvalue weighted by molar-refractivity contribution is -0.385. The highest BCUT2D eigenvalue weighted by atomic mass is 32.2. The van der Waals surface area contributed by atoms with Crippen LogP contribution >= 0.6 is 0 Å². The van der Waals surface area contributed by atoms with Gasteiger partial charge in [-0.25, -0.2) is 8.42 Å². The Balaban J connectivity index is 3.32. The van der Waals surface area contributed by atoms with Gasteiger partial charge in [0.25, 0.3) is 5.69 Å². The largest absolute Gasteiger partial charge is 0.495 e. The van der Waals surface area contributed by atoms with E-state index in [1.165, 1.54) is 20.2 Å². The minimum atomic E-state index is -3.96. The highest BCUT2D eigenvalue weighted by Crippen LogP contribution is 2.30. The number of nitro benzene ring substituents is 1. The zero-order chi connectivity index (χ0) is 15.3. The lowest BCUT2D eigenvalue weighted by Gasteiger charge is -2.17. The number of hydrogen-bond donors (Lipinski definition) is 0. The first-order chi connectivity index (χ1) is 9.34. The summed E-state index contributed by atoms with van der Waals surface area (Å²) in [6, 6.07) is 5.16. The third kappa shape index (κ3) is 3.23. The molecule has 0 N–H and O–H groups in total. The first kappa shape index (κ1) is 15.9. The lowest BCUT2D eigenvalue weighted by Crippen LogP contribution is -2.28. The summed E-state index contributed by atoms with van der Waals surface area (Å²) in [5.41, 5.74) is -0.349. The molecule has 0 aromatic heterocycles. The van der Waals surface area contributed by atoms with E-state index in [4.69, 9.17) is 10.00 Å². The first-order valence-corrected chi connectivity index (χ1v) is 6.94. The summed E-state index contributed by atoms with van der Waals surface area (Å²) >= 11 is 0. The summed E-state index contributed by atoms with van der Waals surface area (Å²) in [5.74, 6) is 0.0133. The predicted octanol–water partition coefficient (Wildman–Crippen LogP) is 1.14. The maximum absolute atomic E-state index is 12.3. The fraction of sp³-hybridized carbons (Fsp3) is 0.364. The summed E-state index contributed by atoms with van der Waals surface area (Å²) in [5, 5.41) is 19.2. The fourth-order valence-corrected chi connectivity index (χ4v) is 2.82. The Morgan fingerprint density at radius 2 is 2.15 bits per heavy atom. The van der Waals surface area contributed by atoms with Gasteiger partial charge in [-0.3, -0.25) is 10.1 Å². The molecule has 0 aliphatic rings. The monoisotopic (exact) mass is 299 g/mol. The van der Waals surface area contributed by atoms with Gasteiger partial charge in [-0.1, -0.05) is 0 Å². The van der Waals surface area contributed by atoms with Crippen LogP contribution in [0.2, 0.25) is 0 Å². The molecule has 0 atom stereocenters. The SMILES string of the molecule is COc1ccc([N+](=O)[O-])cc1S(=O)(=O)N(C)CCC#N. The number of sulfonamides is 1. The molecule has 1 aromatic rings. The van der Waals surface area contributed by atoms with E-state index < -0.39 is 14.9 Å². The highest BCUT2D eigenvalue weighted by molar-refractivity contribution is 7.89. The third-order valence-corrected chi connectivity index (χ3v) is 4.46. The van der Waals surface area contributed by atoms with Crippen LogP contribution in [0.1, 0.15) is 6.42 Å². The molecule has 0 fully saturated rings. The normalized spacial score (nSPS) is 11.1. The van der Waals surface area contributed by atoms with Gasteiger partial charge in [0.2, 0.25) is 10.0 Å². The Morgan fingerprint density at radius 1 is 1.50 bits per heavy atom. The van der Waals surface area contributed by atoms with E-state index in [-0.39, 0.29) is 29.3 Å². The van der Waals surface area contributed by atoms with Gasteiger partial charge < -0.3 is 4.74 Å². The molecule has 108 valence electrons. The van der Waals surface area contributed by atoms with Gasteiger partial charge in [0.1, 0.15) is 10.6 Å². The van der Waals surface area contributed by atoms with Crippen LogP contribution in [-0.4, -0.2) is 38.3 Å². The smallest absolute Gasteiger partial charge is 0.271 e. The van der Waals surface area contributed by atoms with Gasteiger partial charge in [0.05, 0.1) is 18.1 Å². The van der Waals surface area contributed by atoms with E-state index >= 15 is 0 Å². The maximum atomic E-state index is 12.3. The molecule has 8 nitrogen and oxygen atoms in total. The molecular weight excluding hydrogens is 286 g/mol. The van der Waals surface area contributed by atoms with Gasteiger partial charge in [-0.05, 0) is 6.07 Å². The molecule has 9 heteroatoms. The van der Waals surface area contributed by atoms with Crippen molar-refractivity contribution in [1.29, 1.82) is 5.26 Å². The number of benzene rings is 1. The molecule has 0 spiro atoms. The number of methoxy groups -OCH3 is 1. The number of nitro groups is 1. The molecule has 1 aromatic carbocycles. The van der Waals surface area contributed by atoms with Crippen LogP contribution < -0.4 is 4.74 Å². The van der Waals surface area contributed by atoms with Crippen LogP contribution in [0.15, 0.2) is 23.1 Å². The van der Waals surface area contributed by atoms with Crippen molar-refractivity contribution in [2.45, 2.75) is 11.3 Å². The average molecular weight is 299 g/mol. The second-order valence-corrected chi connectivity index (χ2v) is 5.84. The quantitative estimate of drug-likeness (QED) is 0.574. The van der Waals surface area contributed by atoms with Crippen molar-refractivity contribution < 1.29 is 18.1 Å². The summed E-state index contributed by atoms with van der Waals surface area (Å²) in [6.07, 6.45) is 0.0208. The minimum absolute atomic E-state index is 0.00925. The molecule has 0 bridgehead atoms. The van der Waals surface area contributed by atoms with Crippen LogP contribution in [0.5, 0.6) is 5.75 Å². The third-order valence-electron chi connectivity index (χ3n) is 2.58. The number of nitriles is 1. The number of hydrogen-bond acceptors (Lipinski definition) is 6. The Hall–Kier alpha value is -2.18. The van der Waals surface area contributed by atoms with Crippen molar-refractivity contribution in [2.75, 3.05) is 20.7 Å². The first-order valence-electron chi connectivity index (χ1n) is 5.50. The zero-order valence-corrected chi connectivity index (χ0v) is 11.8. The lowest BCUT2D eigenvalue weighted by atomic mass is 10.3. The average Bonchev–Trinajstić information content (AvgIpc) is 2.43. The van der Waals surface area contributed by atoms with Gasteiger partial charge in [-0.15, -0.1) is 0 Å². The molecule has 0 aliphatic carbocycles. The van der Waals surface area contributed by atoms with E-state index in [0.29, 0.717) is 0 Å². The Morgan fingerprint density at radius 3 is 2.65 bits per heavy atom. The Labute approximate surface area is 116 Å². The van der Waals surface area contributed by atoms with Crippen molar-refractivity contribution in [3.63, 3.8) is 0 Å². The van der Waals surface area contributed by atoms with Crippen molar-refractivity contribution >= 4 is 15.7 Å². The topological polar surface area (TPSA) is 114 Å². The van der Waals surface area contributed by atoms with Gasteiger partial charge in [-0.2, -0.15) is 9.57 Å². The summed E-state index contributed by atoms with van der Waals surface area (Å²) in [6.45, 7) is -0.00925. The molecule has 20 heavy (non-hydrogen) atoms. The molecule has 0 radical (unpaired) electrons. The van der Waals surface area contributed by atoms with E-state index in [2.05, 4.69) is 0 Å². The standard InChI is InChI=1S/C11H13N3O5S/c1-13(7-3-6-12)20(17,18)11-8-9(14(15)16)4-5-10(11)19-2/h4-5,8H,3,7H2,1-2H3. The Bertz CT molecular complexity index is 651. The van der Waals surface area contributed by atoms with E-state index in [9.17, 15) is 18.5 Å². The number of rotatable bonds is 6. The molecular formula is C11H13N3O5S. The van der Waals surface area contributed by atoms with Crippen molar-refractivity contribution in [2.24, 2.45) is 0 Å². The molecule has 0 saturated carbocycles. The zero-order valence-electron chi connectivity index (χ0n) is 10.9. The van der Waals surface area contributed by atoms with E-state index in [1.54, 1.807) is 0 Å². The maximum Gasteiger partial charge on any atom is 0.271 e. The summed E-state index contributed by atoms with van der Waals surface area (Å²) < 4.78 is 30.5. The van der Waals surface area contributed by atoms with Crippen LogP contribution in [0.3, 0.4) is 0 Å². The van der Waals surface area contributed by atoms with Crippen LogP contribution in [0, 0.1) is 21.4 Å². The predicted molar refractivity (Wildman–Crippen MR) is 69.7 cm³/mol. The van der Waals surface area contributed by atoms with Gasteiger partial charge in [0, 0.05) is 32.1 Å². The second kappa shape index (κ2) is 6.31. The molecule has 0 heterocycles. The number of ether oxygens (including phenoxy) is 1. The Kier molecular flexibility index (Phi) is 5.01. The molecule has 0 amide bonds. The minimum Gasteiger partial charge on any atom is -0.495 e. The van der Waals surface area contributed by atoms with E-state index in [0.717, 1.165) is 16.4 Å². The van der Waals surface area contributed by atoms with Crippen LogP contribution in [0.25, 0.3) is 0 Å². The van der Waals surface area contributed by atoms with Gasteiger partial charge >= 0.3 is 0 Å². The van der Waals surface area contributed by atoms with Gasteiger partial charge in [0.15, 0.2) is 0 Å². The van der Waals surface area contributed by atoms with Crippen molar-refractivity contribution in [1.82, 2.24) is 4.31 Å². The highest BCUT2D eigenvalue weighted by Gasteiger charge is 2.27. The van der Waals surface area contributed by atoms with Crippen LogP contribution in [-0.2, 0) is 10.0 Å². The van der Waals surface area contributed by atoms with E-state index in [1.807, 2.05) is 6.07 Å². The number of non-ortho nitro benzene ring substituents is 1.